The fourth-order valence-corrected chi connectivity index (χ4v) is 1.37. The molecule has 0 fully saturated rings. The van der Waals surface area contributed by atoms with Gasteiger partial charge in [0.25, 0.3) is 0 Å². The van der Waals surface area contributed by atoms with Gasteiger partial charge in [0.2, 0.25) is 0 Å². The van der Waals surface area contributed by atoms with E-state index in [9.17, 15) is 0 Å². The molecule has 0 aliphatic carbocycles. The summed E-state index contributed by atoms with van der Waals surface area (Å²) in [4.78, 5) is 12.4. The molecule has 0 saturated carbocycles. The number of nitrogens with two attached hydrogens (primary N) is 1. The van der Waals surface area contributed by atoms with Gasteiger partial charge in [0.1, 0.15) is 17.5 Å². The Morgan fingerprint density at radius 1 is 1.31 bits per heavy atom. The lowest BCUT2D eigenvalue weighted by atomic mass is 10.3. The normalized spacial score (nSPS) is 10.1. The Morgan fingerprint density at radius 3 is 2.88 bits per heavy atom. The maximum atomic E-state index is 5.62. The Labute approximate surface area is 93.8 Å². The summed E-state index contributed by atoms with van der Waals surface area (Å²) in [6.45, 7) is 2.43. The van der Waals surface area contributed by atoms with Gasteiger partial charge in [-0.05, 0) is 19.1 Å². The van der Waals surface area contributed by atoms with Crippen molar-refractivity contribution in [2.24, 2.45) is 0 Å². The van der Waals surface area contributed by atoms with Crippen LogP contribution < -0.4 is 11.1 Å². The Bertz CT molecular complexity index is 449. The summed E-state index contributed by atoms with van der Waals surface area (Å²) in [6.07, 6.45) is 1.76. The van der Waals surface area contributed by atoms with Crippen LogP contribution in [-0.2, 0) is 6.54 Å². The van der Waals surface area contributed by atoms with Gasteiger partial charge in [0.15, 0.2) is 0 Å². The highest BCUT2D eigenvalue weighted by molar-refractivity contribution is 5.44. The van der Waals surface area contributed by atoms with Crippen LogP contribution in [0.3, 0.4) is 0 Å². The smallest absolute Gasteiger partial charge is 0.132 e. The number of nitrogens with zero attached hydrogens (tertiary/aromatic N) is 3. The second kappa shape index (κ2) is 4.57. The number of pyridine rings is 1. The summed E-state index contributed by atoms with van der Waals surface area (Å²) in [7, 11) is 0. The molecule has 0 atom stereocenters. The van der Waals surface area contributed by atoms with Gasteiger partial charge in [-0.15, -0.1) is 0 Å². The molecule has 0 unspecified atom stereocenters. The van der Waals surface area contributed by atoms with Gasteiger partial charge in [-0.1, -0.05) is 6.07 Å². The maximum Gasteiger partial charge on any atom is 0.132 e. The number of nitrogen functional groups attached to an aromatic ring is 1. The van der Waals surface area contributed by atoms with E-state index in [1.165, 1.54) is 0 Å². The molecule has 2 rings (SSSR count). The fourth-order valence-electron chi connectivity index (χ4n) is 1.37. The number of aryl methyl sites for hydroxylation is 1. The Morgan fingerprint density at radius 2 is 2.19 bits per heavy atom. The fraction of sp³-hybridized carbons (Fsp3) is 0.182. The van der Waals surface area contributed by atoms with E-state index in [-0.39, 0.29) is 0 Å². The summed E-state index contributed by atoms with van der Waals surface area (Å²) in [5, 5.41) is 3.15. The first-order valence-electron chi connectivity index (χ1n) is 4.99. The Balaban J connectivity index is 2.05. The first kappa shape index (κ1) is 10.4. The average Bonchev–Trinajstić information content (AvgIpc) is 2.27. The number of anilines is 2. The summed E-state index contributed by atoms with van der Waals surface area (Å²) in [5.41, 5.74) is 6.58. The van der Waals surface area contributed by atoms with Crippen molar-refractivity contribution >= 4 is 11.6 Å². The first-order valence-corrected chi connectivity index (χ1v) is 4.99. The average molecular weight is 215 g/mol. The van der Waals surface area contributed by atoms with E-state index in [0.29, 0.717) is 18.2 Å². The van der Waals surface area contributed by atoms with Crippen molar-refractivity contribution in [3.63, 3.8) is 0 Å². The molecule has 0 saturated heterocycles. The highest BCUT2D eigenvalue weighted by Crippen LogP contribution is 2.08. The van der Waals surface area contributed by atoms with Crippen molar-refractivity contribution in [2.75, 3.05) is 11.1 Å². The van der Waals surface area contributed by atoms with Gasteiger partial charge in [0.05, 0.1) is 12.2 Å². The van der Waals surface area contributed by atoms with Crippen molar-refractivity contribution < 1.29 is 0 Å². The standard InChI is InChI=1S/C11H13N5/c1-8-15-10(12)6-11(16-8)14-7-9-4-2-3-5-13-9/h2-6H,7H2,1H3,(H3,12,14,15,16). The van der Waals surface area contributed by atoms with Crippen LogP contribution >= 0.6 is 0 Å². The lowest BCUT2D eigenvalue weighted by Gasteiger charge is -2.06. The van der Waals surface area contributed by atoms with Crippen LogP contribution in [0.2, 0.25) is 0 Å². The predicted octanol–water partition coefficient (Wildman–Crippen LogP) is 1.37. The number of aromatic nitrogens is 3. The second-order valence-corrected chi connectivity index (χ2v) is 3.40. The van der Waals surface area contributed by atoms with Crippen molar-refractivity contribution in [2.45, 2.75) is 13.5 Å². The van der Waals surface area contributed by atoms with Gasteiger partial charge in [-0.2, -0.15) is 0 Å². The minimum Gasteiger partial charge on any atom is -0.384 e. The van der Waals surface area contributed by atoms with E-state index >= 15 is 0 Å². The number of hydrogen-bond donors (Lipinski definition) is 2. The maximum absolute atomic E-state index is 5.62. The zero-order chi connectivity index (χ0) is 11.4. The van der Waals surface area contributed by atoms with E-state index in [2.05, 4.69) is 20.3 Å². The molecule has 5 heteroatoms. The zero-order valence-corrected chi connectivity index (χ0v) is 9.01. The molecule has 82 valence electrons. The molecule has 0 radical (unpaired) electrons. The topological polar surface area (TPSA) is 76.7 Å². The van der Waals surface area contributed by atoms with Crippen LogP contribution in [0.5, 0.6) is 0 Å². The van der Waals surface area contributed by atoms with Gasteiger partial charge in [-0.3, -0.25) is 4.98 Å². The molecular weight excluding hydrogens is 202 g/mol. The summed E-state index contributed by atoms with van der Waals surface area (Å²) in [5.74, 6) is 1.84. The molecule has 2 heterocycles. The van der Waals surface area contributed by atoms with Crippen LogP contribution in [0.15, 0.2) is 30.5 Å². The molecule has 0 spiro atoms. The summed E-state index contributed by atoms with van der Waals surface area (Å²) in [6, 6.07) is 7.49. The zero-order valence-electron chi connectivity index (χ0n) is 9.01. The Kier molecular flexibility index (Phi) is 2.95. The molecule has 2 aromatic rings. The third kappa shape index (κ3) is 2.66. The molecule has 5 nitrogen and oxygen atoms in total. The minimum atomic E-state index is 0.469. The molecule has 0 aliphatic rings. The molecule has 0 bridgehead atoms. The molecule has 0 aliphatic heterocycles. The highest BCUT2D eigenvalue weighted by Gasteiger charge is 1.99. The molecule has 16 heavy (non-hydrogen) atoms. The van der Waals surface area contributed by atoms with Gasteiger partial charge >= 0.3 is 0 Å². The van der Waals surface area contributed by atoms with Crippen molar-refractivity contribution in [1.29, 1.82) is 0 Å². The summed E-state index contributed by atoms with van der Waals surface area (Å²) >= 11 is 0. The van der Waals surface area contributed by atoms with E-state index < -0.39 is 0 Å². The molecule has 2 aromatic heterocycles. The van der Waals surface area contributed by atoms with Crippen LogP contribution in [-0.4, -0.2) is 15.0 Å². The predicted molar refractivity (Wildman–Crippen MR) is 62.7 cm³/mol. The largest absolute Gasteiger partial charge is 0.384 e. The van der Waals surface area contributed by atoms with Crippen LogP contribution in [0.1, 0.15) is 11.5 Å². The van der Waals surface area contributed by atoms with E-state index in [1.807, 2.05) is 25.1 Å². The third-order valence-electron chi connectivity index (χ3n) is 2.03. The van der Waals surface area contributed by atoms with Crippen molar-refractivity contribution in [3.05, 3.63) is 42.0 Å². The third-order valence-corrected chi connectivity index (χ3v) is 2.03. The van der Waals surface area contributed by atoms with E-state index in [0.717, 1.165) is 11.5 Å². The molecule has 0 aromatic carbocycles. The number of rotatable bonds is 3. The van der Waals surface area contributed by atoms with Crippen molar-refractivity contribution in [1.82, 2.24) is 15.0 Å². The Hall–Kier alpha value is -2.17. The molecule has 3 N–H and O–H groups in total. The van der Waals surface area contributed by atoms with E-state index in [4.69, 9.17) is 5.73 Å². The second-order valence-electron chi connectivity index (χ2n) is 3.40. The van der Waals surface area contributed by atoms with Crippen LogP contribution in [0.4, 0.5) is 11.6 Å². The SMILES string of the molecule is Cc1nc(N)cc(NCc2ccccn2)n1. The lowest BCUT2D eigenvalue weighted by molar-refractivity contribution is 0.998. The van der Waals surface area contributed by atoms with Gasteiger partial charge < -0.3 is 11.1 Å². The quantitative estimate of drug-likeness (QED) is 0.808. The lowest BCUT2D eigenvalue weighted by Crippen LogP contribution is -2.05. The minimum absolute atomic E-state index is 0.469. The van der Waals surface area contributed by atoms with Crippen molar-refractivity contribution in [3.8, 4) is 0 Å². The summed E-state index contributed by atoms with van der Waals surface area (Å²) < 4.78 is 0. The monoisotopic (exact) mass is 215 g/mol. The van der Waals surface area contributed by atoms with E-state index in [1.54, 1.807) is 12.3 Å². The van der Waals surface area contributed by atoms with Gasteiger partial charge in [0, 0.05) is 12.3 Å². The number of hydrogen-bond acceptors (Lipinski definition) is 5. The highest BCUT2D eigenvalue weighted by atomic mass is 15.0. The molecular formula is C11H13N5. The number of nitrogens with one attached hydrogen (secondary N) is 1. The van der Waals surface area contributed by atoms with Crippen LogP contribution in [0, 0.1) is 6.92 Å². The first-order chi connectivity index (χ1) is 7.74. The van der Waals surface area contributed by atoms with Gasteiger partial charge in [-0.25, -0.2) is 9.97 Å². The molecule has 0 amide bonds. The van der Waals surface area contributed by atoms with Crippen LogP contribution in [0.25, 0.3) is 0 Å².